The van der Waals surface area contributed by atoms with Crippen LogP contribution in [0.3, 0.4) is 0 Å². The van der Waals surface area contributed by atoms with Gasteiger partial charge < -0.3 is 18.2 Å². The zero-order valence-corrected chi connectivity index (χ0v) is 12.9. The molecule has 0 atom stereocenters. The maximum absolute atomic E-state index is 11.2. The molecule has 3 rings (SSSR count). The lowest BCUT2D eigenvalue weighted by atomic mass is 10.2. The van der Waals surface area contributed by atoms with Gasteiger partial charge in [0, 0.05) is 30.6 Å². The van der Waals surface area contributed by atoms with Crippen molar-refractivity contribution in [1.29, 1.82) is 0 Å². The highest BCUT2D eigenvalue weighted by molar-refractivity contribution is 7.86. The van der Waals surface area contributed by atoms with E-state index in [2.05, 4.69) is 4.90 Å². The zero-order chi connectivity index (χ0) is 15.0. The third kappa shape index (κ3) is 3.25. The molecule has 1 fully saturated rings. The molecule has 0 saturated carbocycles. The van der Waals surface area contributed by atoms with Crippen LogP contribution in [0.5, 0.6) is 5.75 Å². The number of hydrogen-bond donors (Lipinski definition) is 0. The summed E-state index contributed by atoms with van der Waals surface area (Å²) < 4.78 is 38.3. The van der Waals surface area contributed by atoms with Gasteiger partial charge >= 0.3 is 10.1 Å². The minimum atomic E-state index is -3.62. The number of ether oxygens (including phenoxy) is 1. The molecule has 114 valence electrons. The smallest absolute Gasteiger partial charge is 0.306 e. The molecule has 0 spiro atoms. The number of anilines is 1. The van der Waals surface area contributed by atoms with Gasteiger partial charge in [0.05, 0.1) is 24.5 Å². The first-order valence-corrected chi connectivity index (χ1v) is 8.57. The molecular formula is C13H14ClNO5S. The second-order valence-electron chi connectivity index (χ2n) is 4.79. The average molecular weight is 332 g/mol. The lowest BCUT2D eigenvalue weighted by Gasteiger charge is -2.25. The Morgan fingerprint density at radius 1 is 1.24 bits per heavy atom. The van der Waals surface area contributed by atoms with Crippen LogP contribution in [0.1, 0.15) is 0 Å². The highest BCUT2D eigenvalue weighted by Crippen LogP contribution is 2.35. The summed E-state index contributed by atoms with van der Waals surface area (Å²) in [7, 11) is -3.62. The molecule has 1 aliphatic heterocycles. The Balaban J connectivity index is 1.97. The van der Waals surface area contributed by atoms with Gasteiger partial charge in [0.15, 0.2) is 11.6 Å². The van der Waals surface area contributed by atoms with Crippen molar-refractivity contribution in [2.24, 2.45) is 0 Å². The molecular weight excluding hydrogens is 318 g/mol. The van der Waals surface area contributed by atoms with E-state index < -0.39 is 10.1 Å². The van der Waals surface area contributed by atoms with Gasteiger partial charge in [0.2, 0.25) is 0 Å². The second-order valence-corrected chi connectivity index (χ2v) is 6.77. The fraction of sp³-hybridized carbons (Fsp3) is 0.385. The summed E-state index contributed by atoms with van der Waals surface area (Å²) in [4.78, 5) is 2.06. The third-order valence-corrected chi connectivity index (χ3v) is 3.90. The van der Waals surface area contributed by atoms with Gasteiger partial charge in [-0.15, -0.1) is 0 Å². The fourth-order valence-electron chi connectivity index (χ4n) is 2.19. The van der Waals surface area contributed by atoms with Crippen molar-refractivity contribution in [2.45, 2.75) is 0 Å². The third-order valence-electron chi connectivity index (χ3n) is 3.12. The maximum Gasteiger partial charge on any atom is 0.306 e. The van der Waals surface area contributed by atoms with E-state index in [1.807, 2.05) is 6.07 Å². The summed E-state index contributed by atoms with van der Waals surface area (Å²) in [6.45, 7) is 2.81. The van der Waals surface area contributed by atoms with Crippen molar-refractivity contribution in [1.82, 2.24) is 0 Å². The van der Waals surface area contributed by atoms with Crippen molar-refractivity contribution in [3.63, 3.8) is 0 Å². The van der Waals surface area contributed by atoms with Gasteiger partial charge in [-0.1, -0.05) is 11.6 Å². The van der Waals surface area contributed by atoms with E-state index in [1.54, 1.807) is 12.1 Å². The second kappa shape index (κ2) is 5.40. The maximum atomic E-state index is 11.2. The Labute approximate surface area is 127 Å². The van der Waals surface area contributed by atoms with E-state index in [4.69, 9.17) is 24.9 Å². The molecule has 0 amide bonds. The molecule has 0 bridgehead atoms. The van der Waals surface area contributed by atoms with Gasteiger partial charge in [0.1, 0.15) is 5.58 Å². The molecule has 2 aromatic rings. The van der Waals surface area contributed by atoms with Crippen LogP contribution in [0.15, 0.2) is 22.6 Å². The van der Waals surface area contributed by atoms with Crippen LogP contribution in [-0.2, 0) is 14.9 Å². The number of benzene rings is 1. The highest BCUT2D eigenvalue weighted by Gasteiger charge is 2.17. The standard InChI is InChI=1S/C13H14ClNO5S/c1-21(16,17)20-12-6-9-7-13(15-2-4-18-5-3-15)19-11(9)8-10(12)14/h6-8H,2-5H2,1H3. The summed E-state index contributed by atoms with van der Waals surface area (Å²) in [5.74, 6) is 0.807. The number of hydrogen-bond acceptors (Lipinski definition) is 6. The van der Waals surface area contributed by atoms with Crippen molar-refractivity contribution in [2.75, 3.05) is 37.5 Å². The number of fused-ring (bicyclic) bond motifs is 1. The molecule has 6 nitrogen and oxygen atoms in total. The topological polar surface area (TPSA) is 69.0 Å². The van der Waals surface area contributed by atoms with Crippen LogP contribution in [0.25, 0.3) is 11.0 Å². The van der Waals surface area contributed by atoms with Gasteiger partial charge in [-0.25, -0.2) is 0 Å². The average Bonchev–Trinajstić information content (AvgIpc) is 2.81. The van der Waals surface area contributed by atoms with Gasteiger partial charge in [-0.05, 0) is 6.07 Å². The summed E-state index contributed by atoms with van der Waals surface area (Å²) in [6.07, 6.45) is 0.974. The first-order chi connectivity index (χ1) is 9.92. The van der Waals surface area contributed by atoms with Crippen molar-refractivity contribution < 1.29 is 21.8 Å². The van der Waals surface area contributed by atoms with Crippen LogP contribution in [-0.4, -0.2) is 41.0 Å². The highest BCUT2D eigenvalue weighted by atomic mass is 35.5. The van der Waals surface area contributed by atoms with Crippen molar-refractivity contribution in [3.8, 4) is 5.75 Å². The molecule has 0 N–H and O–H groups in total. The number of rotatable bonds is 3. The van der Waals surface area contributed by atoms with Crippen LogP contribution in [0, 0.1) is 0 Å². The first-order valence-electron chi connectivity index (χ1n) is 6.38. The molecule has 21 heavy (non-hydrogen) atoms. The van der Waals surface area contributed by atoms with E-state index in [9.17, 15) is 8.42 Å². The number of nitrogens with zero attached hydrogens (tertiary/aromatic N) is 1. The predicted octanol–water partition coefficient (Wildman–Crippen LogP) is 2.26. The molecule has 0 radical (unpaired) electrons. The molecule has 2 heterocycles. The van der Waals surface area contributed by atoms with E-state index in [1.165, 1.54) is 0 Å². The van der Waals surface area contributed by atoms with Gasteiger partial charge in [0.25, 0.3) is 0 Å². The van der Waals surface area contributed by atoms with Crippen molar-refractivity contribution >= 4 is 38.6 Å². The summed E-state index contributed by atoms with van der Waals surface area (Å²) in [6, 6.07) is 4.96. The van der Waals surface area contributed by atoms with Crippen LogP contribution >= 0.6 is 11.6 Å². The normalized spacial score (nSPS) is 16.4. The molecule has 0 aliphatic carbocycles. The predicted molar refractivity (Wildman–Crippen MR) is 79.7 cm³/mol. The molecule has 1 saturated heterocycles. The van der Waals surface area contributed by atoms with E-state index >= 15 is 0 Å². The monoisotopic (exact) mass is 331 g/mol. The quantitative estimate of drug-likeness (QED) is 0.804. The molecule has 1 aromatic carbocycles. The zero-order valence-electron chi connectivity index (χ0n) is 11.3. The van der Waals surface area contributed by atoms with E-state index in [0.717, 1.165) is 24.7 Å². The molecule has 1 aromatic heterocycles. The summed E-state index contributed by atoms with van der Waals surface area (Å²) in [5.41, 5.74) is 0.586. The Morgan fingerprint density at radius 2 is 1.95 bits per heavy atom. The molecule has 1 aliphatic rings. The van der Waals surface area contributed by atoms with Gasteiger partial charge in [-0.2, -0.15) is 8.42 Å². The van der Waals surface area contributed by atoms with Gasteiger partial charge in [-0.3, -0.25) is 0 Å². The Bertz CT molecular complexity index is 764. The van der Waals surface area contributed by atoms with Crippen LogP contribution in [0.2, 0.25) is 5.02 Å². The fourth-order valence-corrected chi connectivity index (χ4v) is 2.90. The number of furan rings is 1. The molecule has 0 unspecified atom stereocenters. The lowest BCUT2D eigenvalue weighted by molar-refractivity contribution is 0.121. The largest absolute Gasteiger partial charge is 0.440 e. The minimum absolute atomic E-state index is 0.0981. The van der Waals surface area contributed by atoms with Crippen molar-refractivity contribution in [3.05, 3.63) is 23.2 Å². The van der Waals surface area contributed by atoms with E-state index in [-0.39, 0.29) is 10.8 Å². The number of morpholine rings is 1. The lowest BCUT2D eigenvalue weighted by Crippen LogP contribution is -2.35. The SMILES string of the molecule is CS(=O)(=O)Oc1cc2cc(N3CCOCC3)oc2cc1Cl. The van der Waals surface area contributed by atoms with Crippen LogP contribution in [0.4, 0.5) is 5.88 Å². The Morgan fingerprint density at radius 3 is 2.62 bits per heavy atom. The summed E-state index contributed by atoms with van der Waals surface area (Å²) >= 11 is 6.02. The Kier molecular flexibility index (Phi) is 3.73. The Hall–Kier alpha value is -1.44. The first kappa shape index (κ1) is 14.5. The minimum Gasteiger partial charge on any atom is -0.440 e. The van der Waals surface area contributed by atoms with Crippen LogP contribution < -0.4 is 9.08 Å². The molecule has 8 heteroatoms. The van der Waals surface area contributed by atoms with E-state index in [0.29, 0.717) is 24.7 Å². The number of halogens is 1. The summed E-state index contributed by atoms with van der Waals surface area (Å²) in [5, 5.41) is 0.926.